The Morgan fingerprint density at radius 2 is 1.90 bits per heavy atom. The smallest absolute Gasteiger partial charge is 0.257 e. The molecule has 1 saturated heterocycles. The molecule has 1 aromatic carbocycles. The molecule has 9 heteroatoms. The van der Waals surface area contributed by atoms with Crippen molar-refractivity contribution in [3.8, 4) is 0 Å². The van der Waals surface area contributed by atoms with E-state index < -0.39 is 10.0 Å². The third-order valence-electron chi connectivity index (χ3n) is 5.41. The second-order valence-corrected chi connectivity index (χ2v) is 10.4. The zero-order valence-corrected chi connectivity index (χ0v) is 19.1. The summed E-state index contributed by atoms with van der Waals surface area (Å²) in [5.41, 5.74) is 2.90. The van der Waals surface area contributed by atoms with Gasteiger partial charge < -0.3 is 14.6 Å². The van der Waals surface area contributed by atoms with Crippen molar-refractivity contribution in [3.63, 3.8) is 0 Å². The van der Waals surface area contributed by atoms with Gasteiger partial charge in [-0.05, 0) is 49.6 Å². The standard InChI is InChI=1S/C22H25N3O4S2/c1-16-13-21(17(2)25(16)15-19-6-4-12-30-19)22(26)23-18-5-3-7-20(14-18)31(27,28)24-8-10-29-11-9-24/h3-7,12-14H,8-11,15H2,1-2H3,(H,23,26). The first-order valence-electron chi connectivity index (χ1n) is 10.0. The molecule has 0 atom stereocenters. The molecule has 3 heterocycles. The van der Waals surface area contributed by atoms with Crippen LogP contribution in [0.5, 0.6) is 0 Å². The first-order chi connectivity index (χ1) is 14.9. The molecule has 0 saturated carbocycles. The number of hydrogen-bond acceptors (Lipinski definition) is 5. The number of aryl methyl sites for hydroxylation is 1. The summed E-state index contributed by atoms with van der Waals surface area (Å²) in [4.78, 5) is 14.3. The van der Waals surface area contributed by atoms with Gasteiger partial charge >= 0.3 is 0 Å². The zero-order valence-electron chi connectivity index (χ0n) is 17.5. The number of thiophene rings is 1. The molecule has 0 radical (unpaired) electrons. The van der Waals surface area contributed by atoms with E-state index in [0.29, 0.717) is 37.6 Å². The van der Waals surface area contributed by atoms with Gasteiger partial charge in [-0.15, -0.1) is 11.3 Å². The number of nitrogens with zero attached hydrogens (tertiary/aromatic N) is 2. The molecule has 1 fully saturated rings. The largest absolute Gasteiger partial charge is 0.379 e. The summed E-state index contributed by atoms with van der Waals surface area (Å²) in [7, 11) is -3.63. The predicted molar refractivity (Wildman–Crippen MR) is 121 cm³/mol. The Morgan fingerprint density at radius 3 is 2.61 bits per heavy atom. The van der Waals surface area contributed by atoms with Gasteiger partial charge in [0.05, 0.1) is 30.2 Å². The minimum absolute atomic E-state index is 0.162. The lowest BCUT2D eigenvalue weighted by Crippen LogP contribution is -2.40. The number of sulfonamides is 1. The molecule has 1 amide bonds. The SMILES string of the molecule is Cc1cc(C(=O)Nc2cccc(S(=O)(=O)N3CCOCC3)c2)c(C)n1Cc1cccs1. The lowest BCUT2D eigenvalue weighted by atomic mass is 10.2. The fraction of sp³-hybridized carbons (Fsp3) is 0.318. The molecule has 0 spiro atoms. The van der Waals surface area contributed by atoms with E-state index in [1.54, 1.807) is 29.5 Å². The summed E-state index contributed by atoms with van der Waals surface area (Å²) in [6.45, 7) is 6.05. The molecular weight excluding hydrogens is 434 g/mol. The number of aromatic nitrogens is 1. The molecule has 1 aliphatic rings. The Hall–Kier alpha value is -2.46. The molecule has 1 N–H and O–H groups in total. The molecule has 0 unspecified atom stereocenters. The Labute approximate surface area is 186 Å². The minimum atomic E-state index is -3.63. The summed E-state index contributed by atoms with van der Waals surface area (Å²) in [6, 6.07) is 12.3. The average molecular weight is 460 g/mol. The van der Waals surface area contributed by atoms with Crippen LogP contribution in [0.2, 0.25) is 0 Å². The van der Waals surface area contributed by atoms with Crippen LogP contribution in [0.15, 0.2) is 52.7 Å². The highest BCUT2D eigenvalue weighted by molar-refractivity contribution is 7.89. The molecule has 7 nitrogen and oxygen atoms in total. The van der Waals surface area contributed by atoms with Crippen LogP contribution in [-0.4, -0.2) is 49.5 Å². The number of hydrogen-bond donors (Lipinski definition) is 1. The van der Waals surface area contributed by atoms with Crippen molar-refractivity contribution in [3.05, 3.63) is 69.7 Å². The number of morpholine rings is 1. The first kappa shape index (κ1) is 21.8. The van der Waals surface area contributed by atoms with Gasteiger partial charge in [0.15, 0.2) is 0 Å². The quantitative estimate of drug-likeness (QED) is 0.612. The number of benzene rings is 1. The Kier molecular flexibility index (Phi) is 6.29. The maximum absolute atomic E-state index is 13.0. The van der Waals surface area contributed by atoms with Gasteiger partial charge in [0.25, 0.3) is 5.91 Å². The second kappa shape index (κ2) is 8.96. The van der Waals surface area contributed by atoms with E-state index in [1.807, 2.05) is 31.4 Å². The van der Waals surface area contributed by atoms with Crippen molar-refractivity contribution in [2.24, 2.45) is 0 Å². The Morgan fingerprint density at radius 1 is 1.13 bits per heavy atom. The van der Waals surface area contributed by atoms with E-state index >= 15 is 0 Å². The number of nitrogens with one attached hydrogen (secondary N) is 1. The van der Waals surface area contributed by atoms with E-state index in [0.717, 1.165) is 17.9 Å². The topological polar surface area (TPSA) is 80.6 Å². The summed E-state index contributed by atoms with van der Waals surface area (Å²) < 4.78 is 34.6. The highest BCUT2D eigenvalue weighted by Crippen LogP contribution is 2.23. The predicted octanol–water partition coefficient (Wildman–Crippen LogP) is 3.49. The number of carbonyl (C=O) groups excluding carboxylic acids is 1. The maximum Gasteiger partial charge on any atom is 0.257 e. The van der Waals surface area contributed by atoms with Crippen LogP contribution < -0.4 is 5.32 Å². The molecule has 3 aromatic rings. The van der Waals surface area contributed by atoms with Crippen molar-refractivity contribution in [2.45, 2.75) is 25.3 Å². The molecule has 164 valence electrons. The Bertz CT molecular complexity index is 1180. The minimum Gasteiger partial charge on any atom is -0.379 e. The maximum atomic E-state index is 13.0. The van der Waals surface area contributed by atoms with Crippen LogP contribution in [0.4, 0.5) is 5.69 Å². The molecule has 2 aromatic heterocycles. The van der Waals surface area contributed by atoms with Crippen molar-refractivity contribution in [2.75, 3.05) is 31.6 Å². The van der Waals surface area contributed by atoms with E-state index in [4.69, 9.17) is 4.74 Å². The summed E-state index contributed by atoms with van der Waals surface area (Å²) in [5.74, 6) is -0.258. The molecule has 31 heavy (non-hydrogen) atoms. The van der Waals surface area contributed by atoms with Gasteiger partial charge in [0, 0.05) is 35.0 Å². The fourth-order valence-corrected chi connectivity index (χ4v) is 5.85. The van der Waals surface area contributed by atoms with Crippen LogP contribution in [0, 0.1) is 13.8 Å². The monoisotopic (exact) mass is 459 g/mol. The normalized spacial score (nSPS) is 15.2. The first-order valence-corrected chi connectivity index (χ1v) is 12.4. The summed E-state index contributed by atoms with van der Waals surface area (Å²) >= 11 is 1.68. The highest BCUT2D eigenvalue weighted by atomic mass is 32.2. The van der Waals surface area contributed by atoms with Crippen LogP contribution in [0.3, 0.4) is 0 Å². The second-order valence-electron chi connectivity index (χ2n) is 7.45. The van der Waals surface area contributed by atoms with Gasteiger partial charge in [-0.25, -0.2) is 8.42 Å². The van der Waals surface area contributed by atoms with Gasteiger partial charge in [-0.3, -0.25) is 4.79 Å². The zero-order chi connectivity index (χ0) is 22.0. The third-order valence-corrected chi connectivity index (χ3v) is 8.17. The van der Waals surface area contributed by atoms with Crippen LogP contribution in [0.25, 0.3) is 0 Å². The van der Waals surface area contributed by atoms with E-state index in [1.165, 1.54) is 15.2 Å². The number of rotatable bonds is 6. The molecule has 4 rings (SSSR count). The van der Waals surface area contributed by atoms with Gasteiger partial charge in [0.1, 0.15) is 0 Å². The van der Waals surface area contributed by atoms with Crippen LogP contribution in [0.1, 0.15) is 26.6 Å². The third kappa shape index (κ3) is 4.59. The van der Waals surface area contributed by atoms with Gasteiger partial charge in [0.2, 0.25) is 10.0 Å². The van der Waals surface area contributed by atoms with E-state index in [2.05, 4.69) is 16.0 Å². The number of amides is 1. The lowest BCUT2D eigenvalue weighted by molar-refractivity contribution is 0.0730. The number of carbonyl (C=O) groups is 1. The average Bonchev–Trinajstić information content (AvgIpc) is 3.38. The number of anilines is 1. The number of ether oxygens (including phenoxy) is 1. The van der Waals surface area contributed by atoms with Crippen LogP contribution in [-0.2, 0) is 21.3 Å². The lowest BCUT2D eigenvalue weighted by Gasteiger charge is -2.26. The summed E-state index contributed by atoms with van der Waals surface area (Å²) in [6.07, 6.45) is 0. The van der Waals surface area contributed by atoms with E-state index in [9.17, 15) is 13.2 Å². The van der Waals surface area contributed by atoms with Crippen molar-refractivity contribution < 1.29 is 17.9 Å². The molecule has 1 aliphatic heterocycles. The van der Waals surface area contributed by atoms with Crippen LogP contribution >= 0.6 is 11.3 Å². The van der Waals surface area contributed by atoms with Crippen molar-refractivity contribution in [1.82, 2.24) is 8.87 Å². The van der Waals surface area contributed by atoms with Crippen molar-refractivity contribution >= 4 is 33.0 Å². The molecule has 0 bridgehead atoms. The fourth-order valence-electron chi connectivity index (χ4n) is 3.70. The van der Waals surface area contributed by atoms with Gasteiger partial charge in [-0.1, -0.05) is 12.1 Å². The molecular formula is C22H25N3O4S2. The summed E-state index contributed by atoms with van der Waals surface area (Å²) in [5, 5.41) is 4.89. The van der Waals surface area contributed by atoms with Gasteiger partial charge in [-0.2, -0.15) is 4.31 Å². The Balaban J connectivity index is 1.54. The van der Waals surface area contributed by atoms with E-state index in [-0.39, 0.29) is 10.8 Å². The van der Waals surface area contributed by atoms with Crippen molar-refractivity contribution in [1.29, 1.82) is 0 Å². The molecule has 0 aliphatic carbocycles. The highest BCUT2D eigenvalue weighted by Gasteiger charge is 2.26.